The zero-order chi connectivity index (χ0) is 5.98. The third kappa shape index (κ3) is 1.09. The number of aromatic nitrogens is 2. The predicted octanol–water partition coefficient (Wildman–Crippen LogP) is 1.66. The van der Waals surface area contributed by atoms with Gasteiger partial charge < -0.3 is 4.98 Å². The Kier molecular flexibility index (Phi) is 1.67. The summed E-state index contributed by atoms with van der Waals surface area (Å²) in [4.78, 5) is 6.93. The number of imidazole rings is 1. The van der Waals surface area contributed by atoms with Crippen LogP contribution >= 0.6 is 22.6 Å². The van der Waals surface area contributed by atoms with E-state index >= 15 is 0 Å². The number of nitrogens with zero attached hydrogens (tertiary/aromatic N) is 1. The first-order chi connectivity index (χ1) is 3.83. The van der Waals surface area contributed by atoms with Crippen molar-refractivity contribution in [2.45, 2.75) is 0 Å². The normalized spacial score (nSPS) is 9.12. The molecule has 2 nitrogen and oxygen atoms in total. The minimum atomic E-state index is 0.900. The summed E-state index contributed by atoms with van der Waals surface area (Å²) in [5.74, 6) is 0. The summed E-state index contributed by atoms with van der Waals surface area (Å²) in [5.41, 5.74) is 0.967. The summed E-state index contributed by atoms with van der Waals surface area (Å²) in [6.45, 7) is 3.57. The number of rotatable bonds is 1. The lowest BCUT2D eigenvalue weighted by Crippen LogP contribution is -1.69. The molecule has 0 saturated carbocycles. The molecule has 0 radical (unpaired) electrons. The van der Waals surface area contributed by atoms with Crippen molar-refractivity contribution in [1.82, 2.24) is 9.97 Å². The van der Waals surface area contributed by atoms with Gasteiger partial charge in [0.25, 0.3) is 0 Å². The second-order valence-electron chi connectivity index (χ2n) is 1.33. The van der Waals surface area contributed by atoms with Crippen molar-refractivity contribution in [1.29, 1.82) is 0 Å². The number of H-pyrrole nitrogens is 1. The van der Waals surface area contributed by atoms with Gasteiger partial charge >= 0.3 is 0 Å². The van der Waals surface area contributed by atoms with Crippen LogP contribution in [0.25, 0.3) is 6.08 Å². The fourth-order valence-corrected chi connectivity index (χ4v) is 0.864. The van der Waals surface area contributed by atoms with Gasteiger partial charge in [-0.25, -0.2) is 4.98 Å². The molecule has 1 N–H and O–H groups in total. The van der Waals surface area contributed by atoms with Crippen LogP contribution in [0.15, 0.2) is 12.8 Å². The van der Waals surface area contributed by atoms with E-state index in [1.165, 1.54) is 0 Å². The van der Waals surface area contributed by atoms with Gasteiger partial charge in [-0.1, -0.05) is 6.58 Å². The molecular formula is C5H5IN2. The lowest BCUT2D eigenvalue weighted by Gasteiger charge is -1.75. The SMILES string of the molecule is C=Cc1cnc(I)[nH]1. The largest absolute Gasteiger partial charge is 0.334 e. The van der Waals surface area contributed by atoms with Crippen molar-refractivity contribution in [2.24, 2.45) is 0 Å². The lowest BCUT2D eigenvalue weighted by atomic mass is 10.5. The van der Waals surface area contributed by atoms with Gasteiger partial charge in [0.2, 0.25) is 0 Å². The van der Waals surface area contributed by atoms with Gasteiger partial charge in [0.15, 0.2) is 3.83 Å². The first kappa shape index (κ1) is 5.81. The molecule has 0 atom stereocenters. The zero-order valence-electron chi connectivity index (χ0n) is 4.19. The summed E-state index contributed by atoms with van der Waals surface area (Å²) in [6.07, 6.45) is 3.48. The van der Waals surface area contributed by atoms with Crippen LogP contribution in [0.4, 0.5) is 0 Å². The van der Waals surface area contributed by atoms with E-state index in [0.29, 0.717) is 0 Å². The third-order valence-corrected chi connectivity index (χ3v) is 1.33. The highest BCUT2D eigenvalue weighted by Crippen LogP contribution is 1.99. The van der Waals surface area contributed by atoms with Gasteiger partial charge in [-0.2, -0.15) is 0 Å². The maximum Gasteiger partial charge on any atom is 0.169 e. The van der Waals surface area contributed by atoms with E-state index in [1.54, 1.807) is 12.3 Å². The monoisotopic (exact) mass is 220 g/mol. The molecule has 0 aliphatic carbocycles. The van der Waals surface area contributed by atoms with E-state index in [-0.39, 0.29) is 0 Å². The topological polar surface area (TPSA) is 28.7 Å². The summed E-state index contributed by atoms with van der Waals surface area (Å²) in [7, 11) is 0. The van der Waals surface area contributed by atoms with E-state index in [4.69, 9.17) is 0 Å². The summed E-state index contributed by atoms with van der Waals surface area (Å²) < 4.78 is 0.900. The Morgan fingerprint density at radius 1 is 1.88 bits per heavy atom. The Morgan fingerprint density at radius 3 is 2.88 bits per heavy atom. The predicted molar refractivity (Wildman–Crippen MR) is 41.4 cm³/mol. The molecule has 42 valence electrons. The Labute approximate surface area is 61.2 Å². The van der Waals surface area contributed by atoms with Crippen molar-refractivity contribution in [2.75, 3.05) is 0 Å². The van der Waals surface area contributed by atoms with Gasteiger partial charge in [0.1, 0.15) is 0 Å². The molecule has 0 aliphatic rings. The van der Waals surface area contributed by atoms with Crippen molar-refractivity contribution < 1.29 is 0 Å². The fourth-order valence-electron chi connectivity index (χ4n) is 0.414. The molecule has 0 aliphatic heterocycles. The maximum atomic E-state index is 3.95. The van der Waals surface area contributed by atoms with Gasteiger partial charge in [-0.05, 0) is 28.7 Å². The molecule has 0 amide bonds. The van der Waals surface area contributed by atoms with E-state index in [0.717, 1.165) is 9.53 Å². The molecule has 0 unspecified atom stereocenters. The number of nitrogens with one attached hydrogen (secondary N) is 1. The zero-order valence-corrected chi connectivity index (χ0v) is 6.34. The van der Waals surface area contributed by atoms with E-state index in [9.17, 15) is 0 Å². The lowest BCUT2D eigenvalue weighted by molar-refractivity contribution is 1.23. The van der Waals surface area contributed by atoms with Crippen molar-refractivity contribution in [3.63, 3.8) is 0 Å². The smallest absolute Gasteiger partial charge is 0.169 e. The van der Waals surface area contributed by atoms with Crippen molar-refractivity contribution in [3.8, 4) is 0 Å². The molecular weight excluding hydrogens is 215 g/mol. The van der Waals surface area contributed by atoms with E-state index in [1.807, 2.05) is 0 Å². The first-order valence-electron chi connectivity index (χ1n) is 2.16. The van der Waals surface area contributed by atoms with E-state index in [2.05, 4.69) is 39.1 Å². The maximum absolute atomic E-state index is 3.95. The molecule has 0 fully saturated rings. The van der Waals surface area contributed by atoms with Gasteiger partial charge in [-0.3, -0.25) is 0 Å². The van der Waals surface area contributed by atoms with Crippen LogP contribution < -0.4 is 0 Å². The molecule has 1 aromatic rings. The van der Waals surface area contributed by atoms with Crippen LogP contribution in [-0.4, -0.2) is 9.97 Å². The minimum absolute atomic E-state index is 0.900. The molecule has 0 bridgehead atoms. The first-order valence-corrected chi connectivity index (χ1v) is 3.24. The highest BCUT2D eigenvalue weighted by molar-refractivity contribution is 14.1. The summed E-state index contributed by atoms with van der Waals surface area (Å²) in [5, 5.41) is 0. The van der Waals surface area contributed by atoms with Crippen LogP contribution in [-0.2, 0) is 0 Å². The van der Waals surface area contributed by atoms with E-state index < -0.39 is 0 Å². The Morgan fingerprint density at radius 2 is 2.62 bits per heavy atom. The molecule has 1 aromatic heterocycles. The molecule has 3 heteroatoms. The fraction of sp³-hybridized carbons (Fsp3) is 0. The van der Waals surface area contributed by atoms with Crippen LogP contribution in [0.2, 0.25) is 0 Å². The second-order valence-corrected chi connectivity index (χ2v) is 2.36. The standard InChI is InChI=1S/C5H5IN2/c1-2-4-3-7-5(6)8-4/h2-3H,1H2,(H,7,8). The van der Waals surface area contributed by atoms with Crippen LogP contribution in [0, 0.1) is 3.83 Å². The summed E-state index contributed by atoms with van der Waals surface area (Å²) >= 11 is 2.11. The Bertz CT molecular complexity index is 192. The van der Waals surface area contributed by atoms with Crippen LogP contribution in [0.3, 0.4) is 0 Å². The van der Waals surface area contributed by atoms with Crippen molar-refractivity contribution >= 4 is 28.7 Å². The number of aromatic amines is 1. The highest BCUT2D eigenvalue weighted by atomic mass is 127. The molecule has 0 aromatic carbocycles. The van der Waals surface area contributed by atoms with Gasteiger partial charge in [0, 0.05) is 0 Å². The van der Waals surface area contributed by atoms with Crippen LogP contribution in [0.5, 0.6) is 0 Å². The average Bonchev–Trinajstić information content (AvgIpc) is 2.14. The molecule has 1 heterocycles. The minimum Gasteiger partial charge on any atom is -0.334 e. The van der Waals surface area contributed by atoms with Crippen LogP contribution in [0.1, 0.15) is 5.69 Å². The molecule has 1 rings (SSSR count). The van der Waals surface area contributed by atoms with Gasteiger partial charge in [-0.15, -0.1) is 0 Å². The Hall–Kier alpha value is -0.320. The average molecular weight is 220 g/mol. The quantitative estimate of drug-likeness (QED) is 0.716. The number of hydrogen-bond donors (Lipinski definition) is 1. The third-order valence-electron chi connectivity index (χ3n) is 0.784. The summed E-state index contributed by atoms with van der Waals surface area (Å²) in [6, 6.07) is 0. The Balaban J connectivity index is 3.00. The second kappa shape index (κ2) is 2.30. The van der Waals surface area contributed by atoms with Gasteiger partial charge in [0.05, 0.1) is 11.9 Å². The number of halogens is 1. The molecule has 8 heavy (non-hydrogen) atoms. The molecule has 0 saturated heterocycles. The molecule has 0 spiro atoms. The highest BCUT2D eigenvalue weighted by Gasteiger charge is 1.88. The number of hydrogen-bond acceptors (Lipinski definition) is 1. The van der Waals surface area contributed by atoms with Crippen molar-refractivity contribution in [3.05, 3.63) is 22.3 Å².